The molecule has 0 saturated carbocycles. The summed E-state index contributed by atoms with van der Waals surface area (Å²) in [6.07, 6.45) is 1.09. The Bertz CT molecular complexity index is 531. The fourth-order valence-corrected chi connectivity index (χ4v) is 2.40. The van der Waals surface area contributed by atoms with E-state index in [1.165, 1.54) is 22.3 Å². The molecule has 0 saturated heterocycles. The van der Waals surface area contributed by atoms with Gasteiger partial charge >= 0.3 is 0 Å². The van der Waals surface area contributed by atoms with Crippen LogP contribution in [0.5, 0.6) is 0 Å². The van der Waals surface area contributed by atoms with Crippen LogP contribution < -0.4 is 5.32 Å². The van der Waals surface area contributed by atoms with E-state index in [1.54, 1.807) is 0 Å². The molecule has 0 aliphatic rings. The lowest BCUT2D eigenvalue weighted by atomic mass is 10.0. The van der Waals surface area contributed by atoms with Gasteiger partial charge in [0.15, 0.2) is 0 Å². The van der Waals surface area contributed by atoms with Crippen molar-refractivity contribution in [2.75, 3.05) is 0 Å². The molecule has 0 amide bonds. The minimum absolute atomic E-state index is 0.379. The molecule has 0 aliphatic carbocycles. The van der Waals surface area contributed by atoms with Gasteiger partial charge in [-0.25, -0.2) is 0 Å². The molecular formula is C18H23N. The van der Waals surface area contributed by atoms with Crippen LogP contribution >= 0.6 is 0 Å². The summed E-state index contributed by atoms with van der Waals surface area (Å²) in [5, 5.41) is 3.62. The molecule has 0 unspecified atom stereocenters. The second-order valence-corrected chi connectivity index (χ2v) is 5.14. The van der Waals surface area contributed by atoms with Crippen LogP contribution in [-0.2, 0) is 13.0 Å². The largest absolute Gasteiger partial charge is 0.306 e. The van der Waals surface area contributed by atoms with Crippen LogP contribution in [0.25, 0.3) is 0 Å². The van der Waals surface area contributed by atoms with Gasteiger partial charge < -0.3 is 5.32 Å². The SMILES string of the molecule is CCc1ccccc1CN[C@@H](C)c1cccc(C)c1. The Kier molecular flexibility index (Phi) is 4.75. The smallest absolute Gasteiger partial charge is 0.0295 e. The number of hydrogen-bond acceptors (Lipinski definition) is 1. The zero-order valence-corrected chi connectivity index (χ0v) is 12.1. The number of hydrogen-bond donors (Lipinski definition) is 1. The van der Waals surface area contributed by atoms with Crippen molar-refractivity contribution in [3.63, 3.8) is 0 Å². The van der Waals surface area contributed by atoms with Crippen LogP contribution in [0.15, 0.2) is 48.5 Å². The Morgan fingerprint density at radius 3 is 2.42 bits per heavy atom. The fraction of sp³-hybridized carbons (Fsp3) is 0.333. The monoisotopic (exact) mass is 253 g/mol. The molecule has 0 spiro atoms. The Balaban J connectivity index is 2.02. The van der Waals surface area contributed by atoms with Crippen molar-refractivity contribution < 1.29 is 0 Å². The summed E-state index contributed by atoms with van der Waals surface area (Å²) < 4.78 is 0. The number of benzene rings is 2. The highest BCUT2D eigenvalue weighted by Gasteiger charge is 2.06. The van der Waals surface area contributed by atoms with Gasteiger partial charge in [-0.2, -0.15) is 0 Å². The van der Waals surface area contributed by atoms with Gasteiger partial charge in [0, 0.05) is 12.6 Å². The quantitative estimate of drug-likeness (QED) is 0.832. The molecule has 1 heteroatoms. The zero-order valence-electron chi connectivity index (χ0n) is 12.1. The van der Waals surface area contributed by atoms with E-state index in [9.17, 15) is 0 Å². The van der Waals surface area contributed by atoms with E-state index in [1.807, 2.05) is 0 Å². The van der Waals surface area contributed by atoms with Crippen molar-refractivity contribution in [3.05, 3.63) is 70.8 Å². The first-order valence-electron chi connectivity index (χ1n) is 7.07. The third-order valence-corrected chi connectivity index (χ3v) is 3.64. The van der Waals surface area contributed by atoms with Crippen LogP contribution in [0.4, 0.5) is 0 Å². The summed E-state index contributed by atoms with van der Waals surface area (Å²) in [5.74, 6) is 0. The molecule has 0 heterocycles. The van der Waals surface area contributed by atoms with E-state index in [0.29, 0.717) is 6.04 Å². The van der Waals surface area contributed by atoms with E-state index in [4.69, 9.17) is 0 Å². The molecule has 100 valence electrons. The lowest BCUT2D eigenvalue weighted by Crippen LogP contribution is -2.18. The summed E-state index contributed by atoms with van der Waals surface area (Å²) in [6.45, 7) is 7.51. The van der Waals surface area contributed by atoms with E-state index in [2.05, 4.69) is 74.6 Å². The molecule has 0 aromatic heterocycles. The van der Waals surface area contributed by atoms with Crippen molar-refractivity contribution in [2.24, 2.45) is 0 Å². The van der Waals surface area contributed by atoms with Gasteiger partial charge in [0.2, 0.25) is 0 Å². The molecule has 0 radical (unpaired) electrons. The predicted molar refractivity (Wildman–Crippen MR) is 82.3 cm³/mol. The third-order valence-electron chi connectivity index (χ3n) is 3.64. The first-order valence-corrected chi connectivity index (χ1v) is 7.07. The Morgan fingerprint density at radius 2 is 1.74 bits per heavy atom. The van der Waals surface area contributed by atoms with Crippen molar-refractivity contribution >= 4 is 0 Å². The summed E-state index contributed by atoms with van der Waals surface area (Å²) in [4.78, 5) is 0. The molecule has 2 aromatic rings. The van der Waals surface area contributed by atoms with Gasteiger partial charge in [0.1, 0.15) is 0 Å². The maximum Gasteiger partial charge on any atom is 0.0295 e. The Morgan fingerprint density at radius 1 is 1.00 bits per heavy atom. The molecule has 0 bridgehead atoms. The third kappa shape index (κ3) is 3.68. The maximum atomic E-state index is 3.62. The topological polar surface area (TPSA) is 12.0 Å². The highest BCUT2D eigenvalue weighted by Crippen LogP contribution is 2.16. The standard InChI is InChI=1S/C18H23N/c1-4-16-9-5-6-10-18(16)13-19-15(3)17-11-7-8-14(2)12-17/h5-12,15,19H,4,13H2,1-3H3/t15-/m0/s1. The van der Waals surface area contributed by atoms with E-state index in [0.717, 1.165) is 13.0 Å². The van der Waals surface area contributed by atoms with Gasteiger partial charge in [0.05, 0.1) is 0 Å². The molecule has 1 atom stereocenters. The average Bonchev–Trinajstić information content (AvgIpc) is 2.45. The van der Waals surface area contributed by atoms with E-state index >= 15 is 0 Å². The van der Waals surface area contributed by atoms with Crippen LogP contribution in [0.2, 0.25) is 0 Å². The number of rotatable bonds is 5. The lowest BCUT2D eigenvalue weighted by Gasteiger charge is -2.16. The first-order chi connectivity index (χ1) is 9.20. The highest BCUT2D eigenvalue weighted by atomic mass is 14.9. The maximum absolute atomic E-state index is 3.62. The minimum Gasteiger partial charge on any atom is -0.306 e. The fourth-order valence-electron chi connectivity index (χ4n) is 2.40. The molecule has 1 nitrogen and oxygen atoms in total. The van der Waals surface area contributed by atoms with Gasteiger partial charge in [-0.05, 0) is 37.0 Å². The molecule has 0 fully saturated rings. The van der Waals surface area contributed by atoms with Crippen LogP contribution in [0, 0.1) is 6.92 Å². The van der Waals surface area contributed by atoms with Crippen molar-refractivity contribution in [3.8, 4) is 0 Å². The average molecular weight is 253 g/mol. The summed E-state index contributed by atoms with van der Waals surface area (Å²) in [6, 6.07) is 17.8. The van der Waals surface area contributed by atoms with Crippen LogP contribution in [-0.4, -0.2) is 0 Å². The van der Waals surface area contributed by atoms with Gasteiger partial charge in [-0.1, -0.05) is 61.0 Å². The second-order valence-electron chi connectivity index (χ2n) is 5.14. The van der Waals surface area contributed by atoms with Crippen LogP contribution in [0.3, 0.4) is 0 Å². The normalized spacial score (nSPS) is 12.4. The molecule has 2 rings (SSSR count). The molecule has 19 heavy (non-hydrogen) atoms. The van der Waals surface area contributed by atoms with Crippen molar-refractivity contribution in [1.29, 1.82) is 0 Å². The van der Waals surface area contributed by atoms with Crippen LogP contribution in [0.1, 0.15) is 42.1 Å². The van der Waals surface area contributed by atoms with Gasteiger partial charge in [-0.15, -0.1) is 0 Å². The first kappa shape index (κ1) is 13.8. The van der Waals surface area contributed by atoms with E-state index in [-0.39, 0.29) is 0 Å². The van der Waals surface area contributed by atoms with Gasteiger partial charge in [0.25, 0.3) is 0 Å². The number of aryl methyl sites for hydroxylation is 2. The number of nitrogens with one attached hydrogen (secondary N) is 1. The summed E-state index contributed by atoms with van der Waals surface area (Å²) in [5.41, 5.74) is 5.52. The minimum atomic E-state index is 0.379. The van der Waals surface area contributed by atoms with Crippen molar-refractivity contribution in [2.45, 2.75) is 39.8 Å². The molecule has 1 N–H and O–H groups in total. The zero-order chi connectivity index (χ0) is 13.7. The summed E-state index contributed by atoms with van der Waals surface area (Å²) >= 11 is 0. The van der Waals surface area contributed by atoms with E-state index < -0.39 is 0 Å². The Hall–Kier alpha value is -1.60. The molecule has 0 aliphatic heterocycles. The predicted octanol–water partition coefficient (Wildman–Crippen LogP) is 4.41. The Labute approximate surface area is 116 Å². The summed E-state index contributed by atoms with van der Waals surface area (Å²) in [7, 11) is 0. The molecule has 2 aromatic carbocycles. The van der Waals surface area contributed by atoms with Crippen molar-refractivity contribution in [1.82, 2.24) is 5.32 Å². The lowest BCUT2D eigenvalue weighted by molar-refractivity contribution is 0.572. The molecular weight excluding hydrogens is 230 g/mol. The highest BCUT2D eigenvalue weighted by molar-refractivity contribution is 5.28. The van der Waals surface area contributed by atoms with Gasteiger partial charge in [-0.3, -0.25) is 0 Å². The second kappa shape index (κ2) is 6.53.